The van der Waals surface area contributed by atoms with Gasteiger partial charge in [0.05, 0.1) is 6.04 Å². The Kier molecular flexibility index (Phi) is 12.2. The molecule has 2 fully saturated rings. The Morgan fingerprint density at radius 3 is 2.08 bits per heavy atom. The molecule has 1 aliphatic carbocycles. The van der Waals surface area contributed by atoms with Crippen molar-refractivity contribution in [3.8, 4) is 0 Å². The average Bonchev–Trinajstić information content (AvgIpc) is 3.22. The number of primary amides is 1. The molecule has 1 aliphatic heterocycles. The van der Waals surface area contributed by atoms with E-state index >= 15 is 0 Å². The molecule has 6 N–H and O–H groups in total. The highest BCUT2D eigenvalue weighted by molar-refractivity contribution is 5.93. The van der Waals surface area contributed by atoms with Crippen molar-refractivity contribution in [1.82, 2.24) is 26.2 Å². The highest BCUT2D eigenvalue weighted by Gasteiger charge is 2.44. The van der Waals surface area contributed by atoms with Crippen LogP contribution in [0.5, 0.6) is 0 Å². The molecule has 0 unspecified atom stereocenters. The zero-order valence-electron chi connectivity index (χ0n) is 25.4. The summed E-state index contributed by atoms with van der Waals surface area (Å²) in [5, 5.41) is 11.5. The topological polar surface area (TPSA) is 163 Å². The molecule has 11 heteroatoms. The fraction of sp³-hybridized carbons (Fsp3) is 0.828. The summed E-state index contributed by atoms with van der Waals surface area (Å²) in [6.45, 7) is 12.5. The van der Waals surface area contributed by atoms with Gasteiger partial charge in [-0.3, -0.25) is 19.2 Å². The van der Waals surface area contributed by atoms with E-state index in [1.165, 1.54) is 11.3 Å². The van der Waals surface area contributed by atoms with Crippen molar-refractivity contribution in [1.29, 1.82) is 0 Å². The van der Waals surface area contributed by atoms with Gasteiger partial charge in [0.25, 0.3) is 0 Å². The van der Waals surface area contributed by atoms with Gasteiger partial charge in [-0.2, -0.15) is 0 Å². The minimum Gasteiger partial charge on any atom is -0.368 e. The van der Waals surface area contributed by atoms with Crippen LogP contribution in [-0.2, 0) is 19.2 Å². The van der Waals surface area contributed by atoms with Crippen molar-refractivity contribution < 1.29 is 24.0 Å². The van der Waals surface area contributed by atoms with E-state index < -0.39 is 29.9 Å². The Labute approximate surface area is 239 Å². The van der Waals surface area contributed by atoms with Gasteiger partial charge in [-0.05, 0) is 42.9 Å². The smallest absolute Gasteiger partial charge is 0.315 e. The van der Waals surface area contributed by atoms with Crippen molar-refractivity contribution in [3.63, 3.8) is 0 Å². The molecule has 1 saturated carbocycles. The molecule has 0 radical (unpaired) electrons. The van der Waals surface area contributed by atoms with Crippen LogP contribution in [0.15, 0.2) is 0 Å². The number of nitrogens with zero attached hydrogens (tertiary/aromatic N) is 1. The number of amides is 6. The lowest BCUT2D eigenvalue weighted by Crippen LogP contribution is -2.59. The molecule has 6 amide bonds. The highest BCUT2D eigenvalue weighted by Crippen LogP contribution is 2.26. The van der Waals surface area contributed by atoms with Crippen molar-refractivity contribution in [2.24, 2.45) is 16.6 Å². The van der Waals surface area contributed by atoms with E-state index in [-0.39, 0.29) is 47.6 Å². The Morgan fingerprint density at radius 1 is 0.875 bits per heavy atom. The highest BCUT2D eigenvalue weighted by atomic mass is 16.2. The largest absolute Gasteiger partial charge is 0.368 e. The summed E-state index contributed by atoms with van der Waals surface area (Å²) in [6.07, 6.45) is 6.88. The van der Waals surface area contributed by atoms with Gasteiger partial charge >= 0.3 is 6.03 Å². The third kappa shape index (κ3) is 11.7. The second-order valence-corrected chi connectivity index (χ2v) is 13.8. The second-order valence-electron chi connectivity index (χ2n) is 13.8. The van der Waals surface area contributed by atoms with E-state index in [1.807, 2.05) is 41.5 Å². The number of hydrogen-bond donors (Lipinski definition) is 5. The number of nitrogens with two attached hydrogens (primary N) is 1. The first-order chi connectivity index (χ1) is 18.6. The van der Waals surface area contributed by atoms with Crippen LogP contribution in [0.2, 0.25) is 0 Å². The molecule has 228 valence electrons. The molecule has 3 atom stereocenters. The van der Waals surface area contributed by atoms with E-state index in [4.69, 9.17) is 5.73 Å². The van der Waals surface area contributed by atoms with E-state index in [0.717, 1.165) is 25.7 Å². The zero-order chi connectivity index (χ0) is 30.1. The first kappa shape index (κ1) is 33.4. The van der Waals surface area contributed by atoms with Crippen molar-refractivity contribution in [2.45, 2.75) is 130 Å². The average molecular weight is 565 g/mol. The van der Waals surface area contributed by atoms with Crippen LogP contribution in [0.3, 0.4) is 0 Å². The van der Waals surface area contributed by atoms with Gasteiger partial charge in [-0.25, -0.2) is 4.79 Å². The Hall–Kier alpha value is -2.85. The van der Waals surface area contributed by atoms with Crippen molar-refractivity contribution in [2.75, 3.05) is 13.1 Å². The molecule has 2 rings (SSSR count). The summed E-state index contributed by atoms with van der Waals surface area (Å²) in [4.78, 5) is 65.4. The maximum absolute atomic E-state index is 13.6. The standard InChI is InChI=1S/C29H52N6O5/c1-28(2,3)17-22(36)31-15-10-13-21(25(30)38)33-26(39)24-20(14-16-35(24)23(37)18-29(4,5)6)34-27(40)32-19-11-8-7-9-12-19/h19-21,24H,7-18H2,1-6H3,(H2,30,38)(H,31,36)(H,33,39)(H2,32,34,40)/t20-,21-,24-/m0/s1. The third-order valence-corrected chi connectivity index (χ3v) is 7.27. The molecule has 0 aromatic heterocycles. The van der Waals surface area contributed by atoms with Gasteiger partial charge in [0.15, 0.2) is 0 Å². The van der Waals surface area contributed by atoms with Crippen LogP contribution in [-0.4, -0.2) is 71.8 Å². The number of carbonyl (C=O) groups excluding carboxylic acids is 5. The first-order valence-corrected chi connectivity index (χ1v) is 14.8. The van der Waals surface area contributed by atoms with Crippen LogP contribution in [0.1, 0.15) is 106 Å². The summed E-state index contributed by atoms with van der Waals surface area (Å²) >= 11 is 0. The van der Waals surface area contributed by atoms with E-state index in [1.54, 1.807) is 0 Å². The van der Waals surface area contributed by atoms with E-state index in [0.29, 0.717) is 32.4 Å². The lowest BCUT2D eigenvalue weighted by Gasteiger charge is -2.31. The molecule has 2 aliphatic rings. The van der Waals surface area contributed by atoms with Gasteiger partial charge in [0.1, 0.15) is 12.1 Å². The number of hydrogen-bond acceptors (Lipinski definition) is 5. The molecule has 1 heterocycles. The molecule has 0 aromatic carbocycles. The number of nitrogens with one attached hydrogen (secondary N) is 4. The van der Waals surface area contributed by atoms with Gasteiger partial charge in [-0.15, -0.1) is 0 Å². The molecule has 40 heavy (non-hydrogen) atoms. The number of carbonyl (C=O) groups is 5. The zero-order valence-corrected chi connectivity index (χ0v) is 25.4. The summed E-state index contributed by atoms with van der Waals surface area (Å²) in [7, 11) is 0. The molecule has 0 aromatic rings. The number of likely N-dealkylation sites (tertiary alicyclic amines) is 1. The predicted octanol–water partition coefficient (Wildman–Crippen LogP) is 2.33. The quantitative estimate of drug-likeness (QED) is 0.243. The van der Waals surface area contributed by atoms with Crippen LogP contribution in [0.4, 0.5) is 4.79 Å². The summed E-state index contributed by atoms with van der Waals surface area (Å²) in [5.74, 6) is -1.48. The lowest BCUT2D eigenvalue weighted by molar-refractivity contribution is -0.141. The van der Waals surface area contributed by atoms with Gasteiger partial charge in [0, 0.05) is 32.0 Å². The predicted molar refractivity (Wildman–Crippen MR) is 154 cm³/mol. The summed E-state index contributed by atoms with van der Waals surface area (Å²) in [5.41, 5.74) is 5.19. The molecule has 0 bridgehead atoms. The fourth-order valence-corrected chi connectivity index (χ4v) is 5.37. The van der Waals surface area contributed by atoms with E-state index in [9.17, 15) is 24.0 Å². The maximum Gasteiger partial charge on any atom is 0.315 e. The van der Waals surface area contributed by atoms with Crippen molar-refractivity contribution >= 4 is 29.7 Å². The number of urea groups is 1. The monoisotopic (exact) mass is 564 g/mol. The van der Waals surface area contributed by atoms with Crippen LogP contribution in [0, 0.1) is 10.8 Å². The lowest BCUT2D eigenvalue weighted by atomic mass is 9.91. The normalized spacial score (nSPS) is 20.9. The minimum absolute atomic E-state index is 0.0773. The van der Waals surface area contributed by atoms with Crippen molar-refractivity contribution in [3.05, 3.63) is 0 Å². The minimum atomic E-state index is -0.969. The van der Waals surface area contributed by atoms with Gasteiger partial charge in [-0.1, -0.05) is 60.8 Å². The Bertz CT molecular complexity index is 904. The summed E-state index contributed by atoms with van der Waals surface area (Å²) < 4.78 is 0. The molecule has 1 saturated heterocycles. The van der Waals surface area contributed by atoms with E-state index in [2.05, 4.69) is 21.3 Å². The van der Waals surface area contributed by atoms with Crippen LogP contribution >= 0.6 is 0 Å². The number of rotatable bonds is 11. The fourth-order valence-electron chi connectivity index (χ4n) is 5.37. The SMILES string of the molecule is CC(C)(C)CC(=O)NCCC[C@H](NC(=O)[C@@H]1[C@@H](NC(=O)NC2CCCCC2)CCN1C(=O)CC(C)(C)C)C(N)=O. The van der Waals surface area contributed by atoms with Crippen LogP contribution in [0.25, 0.3) is 0 Å². The van der Waals surface area contributed by atoms with Gasteiger partial charge in [0.2, 0.25) is 23.6 Å². The summed E-state index contributed by atoms with van der Waals surface area (Å²) in [6, 6.07) is -2.77. The molecular weight excluding hydrogens is 512 g/mol. The second kappa shape index (κ2) is 14.7. The Balaban J connectivity index is 2.06. The third-order valence-electron chi connectivity index (χ3n) is 7.27. The molecular formula is C29H52N6O5. The van der Waals surface area contributed by atoms with Crippen LogP contribution < -0.4 is 27.0 Å². The molecule has 0 spiro atoms. The van der Waals surface area contributed by atoms with Gasteiger partial charge < -0.3 is 31.9 Å². The maximum atomic E-state index is 13.6. The first-order valence-electron chi connectivity index (χ1n) is 14.8. The molecule has 11 nitrogen and oxygen atoms in total. The Morgan fingerprint density at radius 2 is 1.50 bits per heavy atom.